The van der Waals surface area contributed by atoms with Crippen molar-refractivity contribution < 1.29 is 9.18 Å². The van der Waals surface area contributed by atoms with Gasteiger partial charge in [-0.3, -0.25) is 4.79 Å². The zero-order valence-electron chi connectivity index (χ0n) is 12.1. The third kappa shape index (κ3) is 3.66. The van der Waals surface area contributed by atoms with E-state index >= 15 is 0 Å². The van der Waals surface area contributed by atoms with Gasteiger partial charge in [-0.15, -0.1) is 0 Å². The van der Waals surface area contributed by atoms with Crippen LogP contribution in [-0.2, 0) is 11.3 Å². The summed E-state index contributed by atoms with van der Waals surface area (Å²) in [5.74, 6) is -0.574. The first kappa shape index (κ1) is 15.2. The summed E-state index contributed by atoms with van der Waals surface area (Å²) in [4.78, 5) is 11.7. The minimum Gasteiger partial charge on any atom is -0.352 e. The Morgan fingerprint density at radius 3 is 2.71 bits per heavy atom. The van der Waals surface area contributed by atoms with Crippen LogP contribution in [0, 0.1) is 18.7 Å². The molecule has 5 nitrogen and oxygen atoms in total. The van der Waals surface area contributed by atoms with Gasteiger partial charge in [0.05, 0.1) is 11.4 Å². The van der Waals surface area contributed by atoms with Crippen LogP contribution in [0.5, 0.6) is 0 Å². The van der Waals surface area contributed by atoms with Crippen molar-refractivity contribution >= 4 is 5.91 Å². The summed E-state index contributed by atoms with van der Waals surface area (Å²) in [7, 11) is 0. The molecule has 112 valence electrons. The van der Waals surface area contributed by atoms with Crippen molar-refractivity contribution in [3.8, 4) is 5.69 Å². The lowest BCUT2D eigenvalue weighted by atomic mass is 10.1. The van der Waals surface area contributed by atoms with E-state index in [2.05, 4.69) is 10.4 Å². The van der Waals surface area contributed by atoms with Gasteiger partial charge in [0, 0.05) is 30.8 Å². The molecule has 6 heteroatoms. The lowest BCUT2D eigenvalue weighted by molar-refractivity contribution is -0.124. The molecule has 1 aromatic carbocycles. The highest BCUT2D eigenvalue weighted by atomic mass is 19.1. The molecule has 21 heavy (non-hydrogen) atoms. The second-order valence-corrected chi connectivity index (χ2v) is 5.02. The minimum atomic E-state index is -0.286. The lowest BCUT2D eigenvalue weighted by Gasteiger charge is -2.08. The molecule has 1 heterocycles. The molecule has 0 radical (unpaired) electrons. The fourth-order valence-electron chi connectivity index (χ4n) is 1.86. The van der Waals surface area contributed by atoms with Crippen LogP contribution < -0.4 is 11.1 Å². The summed E-state index contributed by atoms with van der Waals surface area (Å²) in [6, 6.07) is 6.08. The van der Waals surface area contributed by atoms with E-state index in [4.69, 9.17) is 5.73 Å². The highest BCUT2D eigenvalue weighted by Crippen LogP contribution is 2.12. The smallest absolute Gasteiger partial charge is 0.224 e. The van der Waals surface area contributed by atoms with Crippen LogP contribution in [0.3, 0.4) is 0 Å². The van der Waals surface area contributed by atoms with Gasteiger partial charge in [-0.25, -0.2) is 9.07 Å². The van der Waals surface area contributed by atoms with Gasteiger partial charge in [-0.2, -0.15) is 5.10 Å². The number of halogens is 1. The third-order valence-corrected chi connectivity index (χ3v) is 3.35. The van der Waals surface area contributed by atoms with E-state index in [9.17, 15) is 9.18 Å². The molecule has 2 rings (SSSR count). The molecule has 0 aliphatic carbocycles. The Labute approximate surface area is 123 Å². The zero-order valence-corrected chi connectivity index (χ0v) is 12.1. The van der Waals surface area contributed by atoms with Gasteiger partial charge in [-0.1, -0.05) is 6.92 Å². The quantitative estimate of drug-likeness (QED) is 0.877. The Morgan fingerprint density at radius 1 is 1.43 bits per heavy atom. The third-order valence-electron chi connectivity index (χ3n) is 3.35. The normalized spacial score (nSPS) is 12.2. The lowest BCUT2D eigenvalue weighted by Crippen LogP contribution is -2.32. The number of carbonyl (C=O) groups is 1. The predicted molar refractivity (Wildman–Crippen MR) is 78.3 cm³/mol. The first-order valence-corrected chi connectivity index (χ1v) is 6.80. The molecule has 2 aromatic rings. The maximum absolute atomic E-state index is 12.9. The van der Waals surface area contributed by atoms with Gasteiger partial charge in [0.25, 0.3) is 0 Å². The van der Waals surface area contributed by atoms with E-state index in [0.717, 1.165) is 16.9 Å². The largest absolute Gasteiger partial charge is 0.352 e. The van der Waals surface area contributed by atoms with Crippen LogP contribution in [0.4, 0.5) is 4.39 Å². The minimum absolute atomic E-state index is 0.0774. The molecule has 0 saturated carbocycles. The van der Waals surface area contributed by atoms with Crippen LogP contribution in [-0.4, -0.2) is 22.2 Å². The van der Waals surface area contributed by atoms with Gasteiger partial charge < -0.3 is 11.1 Å². The topological polar surface area (TPSA) is 72.9 Å². The summed E-state index contributed by atoms with van der Waals surface area (Å²) >= 11 is 0. The molecule has 0 aliphatic rings. The maximum atomic E-state index is 12.9. The van der Waals surface area contributed by atoms with E-state index in [1.807, 2.05) is 13.1 Å². The summed E-state index contributed by atoms with van der Waals surface area (Å²) in [6.45, 7) is 4.37. The standard InChI is InChI=1S/C15H19FN4O/c1-10(7-17)15(21)18-8-12-9-20(19-11(12)2)14-5-3-13(16)4-6-14/h3-6,9-10H,7-8,17H2,1-2H3,(H,18,21). The summed E-state index contributed by atoms with van der Waals surface area (Å²) < 4.78 is 14.6. The second-order valence-electron chi connectivity index (χ2n) is 5.02. The van der Waals surface area contributed by atoms with Crippen LogP contribution in [0.25, 0.3) is 5.69 Å². The molecule has 1 unspecified atom stereocenters. The Bertz CT molecular complexity index is 621. The van der Waals surface area contributed by atoms with Crippen LogP contribution in [0.15, 0.2) is 30.5 Å². The van der Waals surface area contributed by atoms with E-state index in [-0.39, 0.29) is 17.6 Å². The van der Waals surface area contributed by atoms with Crippen LogP contribution in [0.1, 0.15) is 18.2 Å². The van der Waals surface area contributed by atoms with Crippen molar-refractivity contribution in [1.29, 1.82) is 0 Å². The van der Waals surface area contributed by atoms with Crippen LogP contribution in [0.2, 0.25) is 0 Å². The Hall–Kier alpha value is -2.21. The number of carbonyl (C=O) groups excluding carboxylic acids is 1. The van der Waals surface area contributed by atoms with Crippen molar-refractivity contribution in [2.24, 2.45) is 11.7 Å². The number of aromatic nitrogens is 2. The molecule has 0 fully saturated rings. The fourth-order valence-corrected chi connectivity index (χ4v) is 1.86. The van der Waals surface area contributed by atoms with E-state index in [1.165, 1.54) is 12.1 Å². The van der Waals surface area contributed by atoms with Gasteiger partial charge in [0.1, 0.15) is 5.82 Å². The average Bonchev–Trinajstić information content (AvgIpc) is 2.85. The number of nitrogens with one attached hydrogen (secondary N) is 1. The second kappa shape index (κ2) is 6.49. The van der Waals surface area contributed by atoms with Crippen molar-refractivity contribution in [2.75, 3.05) is 6.54 Å². The number of aryl methyl sites for hydroxylation is 1. The van der Waals surface area contributed by atoms with Crippen molar-refractivity contribution in [1.82, 2.24) is 15.1 Å². The van der Waals surface area contributed by atoms with Crippen molar-refractivity contribution in [2.45, 2.75) is 20.4 Å². The number of nitrogens with zero attached hydrogens (tertiary/aromatic N) is 2. The highest BCUT2D eigenvalue weighted by Gasteiger charge is 2.12. The first-order chi connectivity index (χ1) is 10.0. The van der Waals surface area contributed by atoms with Crippen molar-refractivity contribution in [3.05, 3.63) is 47.5 Å². The number of amides is 1. The maximum Gasteiger partial charge on any atom is 0.224 e. The molecule has 1 amide bonds. The summed E-state index contributed by atoms with van der Waals surface area (Å²) in [5.41, 5.74) is 7.96. The summed E-state index contributed by atoms with van der Waals surface area (Å²) in [6.07, 6.45) is 1.83. The number of rotatable bonds is 5. The monoisotopic (exact) mass is 290 g/mol. The SMILES string of the molecule is Cc1nn(-c2ccc(F)cc2)cc1CNC(=O)C(C)CN. The molecule has 1 atom stereocenters. The van der Waals surface area contributed by atoms with E-state index < -0.39 is 0 Å². The fraction of sp³-hybridized carbons (Fsp3) is 0.333. The Kier molecular flexibility index (Phi) is 4.70. The van der Waals surface area contributed by atoms with E-state index in [0.29, 0.717) is 13.1 Å². The van der Waals surface area contributed by atoms with Gasteiger partial charge in [-0.05, 0) is 31.2 Å². The molecule has 0 saturated heterocycles. The van der Waals surface area contributed by atoms with Gasteiger partial charge in [0.2, 0.25) is 5.91 Å². The molecule has 3 N–H and O–H groups in total. The molecule has 1 aromatic heterocycles. The number of hydrogen-bond acceptors (Lipinski definition) is 3. The average molecular weight is 290 g/mol. The molecule has 0 spiro atoms. The van der Waals surface area contributed by atoms with Crippen molar-refractivity contribution in [3.63, 3.8) is 0 Å². The zero-order chi connectivity index (χ0) is 15.4. The Morgan fingerprint density at radius 2 is 2.10 bits per heavy atom. The summed E-state index contributed by atoms with van der Waals surface area (Å²) in [5, 5.41) is 7.20. The van der Waals surface area contributed by atoms with Crippen LogP contribution >= 0.6 is 0 Å². The molecular formula is C15H19FN4O. The first-order valence-electron chi connectivity index (χ1n) is 6.80. The highest BCUT2D eigenvalue weighted by molar-refractivity contribution is 5.78. The Balaban J connectivity index is 2.09. The predicted octanol–water partition coefficient (Wildman–Crippen LogP) is 1.53. The van der Waals surface area contributed by atoms with E-state index in [1.54, 1.807) is 23.7 Å². The molecule has 0 bridgehead atoms. The number of hydrogen-bond donors (Lipinski definition) is 2. The number of benzene rings is 1. The van der Waals surface area contributed by atoms with Gasteiger partial charge >= 0.3 is 0 Å². The number of nitrogens with two attached hydrogens (primary N) is 1. The molecular weight excluding hydrogens is 271 g/mol. The van der Waals surface area contributed by atoms with Gasteiger partial charge in [0.15, 0.2) is 0 Å². The molecule has 0 aliphatic heterocycles.